The van der Waals surface area contributed by atoms with Crippen LogP contribution in [0.25, 0.3) is 42.4 Å². The highest BCUT2D eigenvalue weighted by Gasteiger charge is 2.51. The summed E-state index contributed by atoms with van der Waals surface area (Å²) in [6.45, 7) is 8.42. The third-order valence-electron chi connectivity index (χ3n) is 7.30. The van der Waals surface area contributed by atoms with Gasteiger partial charge in [-0.2, -0.15) is 0 Å². The van der Waals surface area contributed by atoms with Gasteiger partial charge >= 0.3 is 7.12 Å². The Balaban J connectivity index is 1.56. The molecule has 0 N–H and O–H groups in total. The number of benzene rings is 4. The van der Waals surface area contributed by atoms with E-state index in [1.807, 2.05) is 11.3 Å². The lowest BCUT2D eigenvalue weighted by atomic mass is 9.76. The molecule has 0 spiro atoms. The zero-order chi connectivity index (χ0) is 23.5. The van der Waals surface area contributed by atoms with Gasteiger partial charge in [0.15, 0.2) is 0 Å². The summed E-state index contributed by atoms with van der Waals surface area (Å²) < 4.78 is 15.5. The van der Waals surface area contributed by atoms with E-state index >= 15 is 0 Å². The number of hydrogen-bond acceptors (Lipinski definition) is 3. The third kappa shape index (κ3) is 3.49. The van der Waals surface area contributed by atoms with E-state index in [-0.39, 0.29) is 11.2 Å². The van der Waals surface area contributed by atoms with E-state index < -0.39 is 7.12 Å². The summed E-state index contributed by atoms with van der Waals surface area (Å²) in [4.78, 5) is 0. The fourth-order valence-corrected chi connectivity index (χ4v) is 5.93. The average molecular weight is 462 g/mol. The van der Waals surface area contributed by atoms with E-state index in [1.54, 1.807) is 0 Å². The highest BCUT2D eigenvalue weighted by Crippen LogP contribution is 2.41. The van der Waals surface area contributed by atoms with Crippen molar-refractivity contribution in [3.8, 4) is 22.3 Å². The molecular weight excluding hydrogens is 435 g/mol. The Morgan fingerprint density at radius 2 is 1.26 bits per heavy atom. The highest BCUT2D eigenvalue weighted by atomic mass is 32.1. The minimum absolute atomic E-state index is 0.383. The van der Waals surface area contributed by atoms with Crippen LogP contribution in [0, 0.1) is 0 Å². The van der Waals surface area contributed by atoms with Crippen LogP contribution in [0.2, 0.25) is 0 Å². The first-order chi connectivity index (χ1) is 16.3. The largest absolute Gasteiger partial charge is 0.494 e. The molecule has 0 atom stereocenters. The number of thiophene rings is 1. The summed E-state index contributed by atoms with van der Waals surface area (Å²) in [6, 6.07) is 32.6. The third-order valence-corrected chi connectivity index (χ3v) is 8.52. The summed E-state index contributed by atoms with van der Waals surface area (Å²) in [5.74, 6) is 0. The lowest BCUT2D eigenvalue weighted by Gasteiger charge is -2.32. The minimum atomic E-state index is -0.408. The normalized spacial score (nSPS) is 17.0. The maximum Gasteiger partial charge on any atom is 0.494 e. The topological polar surface area (TPSA) is 18.5 Å². The molecule has 1 aromatic heterocycles. The fraction of sp³-hybridized carbons (Fsp3) is 0.200. The van der Waals surface area contributed by atoms with E-state index in [0.717, 1.165) is 5.46 Å². The second kappa shape index (κ2) is 7.81. The summed E-state index contributed by atoms with van der Waals surface area (Å²) in [7, 11) is -0.408. The van der Waals surface area contributed by atoms with Crippen LogP contribution >= 0.6 is 11.3 Å². The molecule has 0 saturated carbocycles. The molecule has 4 heteroatoms. The summed E-state index contributed by atoms with van der Waals surface area (Å²) in [6.07, 6.45) is 0. The lowest BCUT2D eigenvalue weighted by molar-refractivity contribution is 0.00578. The number of rotatable bonds is 3. The molecule has 1 aliphatic heterocycles. The van der Waals surface area contributed by atoms with E-state index in [2.05, 4.69) is 119 Å². The van der Waals surface area contributed by atoms with Gasteiger partial charge < -0.3 is 9.31 Å². The Morgan fingerprint density at radius 3 is 2.03 bits per heavy atom. The second-order valence-electron chi connectivity index (χ2n) is 10.1. The van der Waals surface area contributed by atoms with Crippen molar-refractivity contribution >= 4 is 44.1 Å². The van der Waals surface area contributed by atoms with Crippen molar-refractivity contribution in [1.82, 2.24) is 0 Å². The van der Waals surface area contributed by atoms with Gasteiger partial charge in [-0.1, -0.05) is 78.9 Å². The maximum atomic E-state index is 6.45. The second-order valence-corrected chi connectivity index (χ2v) is 11.1. The van der Waals surface area contributed by atoms with Crippen LogP contribution < -0.4 is 5.46 Å². The van der Waals surface area contributed by atoms with Crippen LogP contribution in [0.1, 0.15) is 27.7 Å². The van der Waals surface area contributed by atoms with Crippen LogP contribution in [0.4, 0.5) is 0 Å². The zero-order valence-corrected chi connectivity index (χ0v) is 20.8. The van der Waals surface area contributed by atoms with E-state index in [0.29, 0.717) is 0 Å². The van der Waals surface area contributed by atoms with Crippen LogP contribution in [-0.2, 0) is 9.31 Å². The van der Waals surface area contributed by atoms with E-state index in [1.165, 1.54) is 42.4 Å². The van der Waals surface area contributed by atoms with Gasteiger partial charge in [-0.05, 0) is 67.5 Å². The SMILES string of the molecule is CC1(C)OB(c2cc(-c3ccccc3)cc(-c3cccc4c3sc3ccccc34)c2)OC1(C)C. The molecule has 1 saturated heterocycles. The molecule has 2 heterocycles. The molecule has 2 nitrogen and oxygen atoms in total. The first kappa shape index (κ1) is 21.6. The Hall–Kier alpha value is -2.92. The molecule has 0 aliphatic carbocycles. The highest BCUT2D eigenvalue weighted by molar-refractivity contribution is 7.26. The van der Waals surface area contributed by atoms with Crippen LogP contribution in [0.5, 0.6) is 0 Å². The van der Waals surface area contributed by atoms with Gasteiger partial charge in [0.2, 0.25) is 0 Å². The van der Waals surface area contributed by atoms with Crippen molar-refractivity contribution < 1.29 is 9.31 Å². The van der Waals surface area contributed by atoms with Crippen LogP contribution in [0.15, 0.2) is 91.0 Å². The first-order valence-corrected chi connectivity index (χ1v) is 12.6. The van der Waals surface area contributed by atoms with Gasteiger partial charge in [0.1, 0.15) is 0 Å². The smallest absolute Gasteiger partial charge is 0.399 e. The van der Waals surface area contributed by atoms with Gasteiger partial charge in [0.05, 0.1) is 11.2 Å². The van der Waals surface area contributed by atoms with Crippen molar-refractivity contribution in [1.29, 1.82) is 0 Å². The van der Waals surface area contributed by atoms with E-state index in [9.17, 15) is 0 Å². The molecule has 1 aliphatic rings. The maximum absolute atomic E-state index is 6.45. The molecular formula is C30H27BO2S. The standard InChI is InChI=1S/C30H27BO2S/c1-29(2)30(3,4)33-31(32-29)23-18-21(20-11-6-5-7-12-20)17-22(19-23)24-14-10-15-26-25-13-8-9-16-27(25)34-28(24)26/h5-19H,1-4H3. The Morgan fingerprint density at radius 1 is 0.618 bits per heavy atom. The molecule has 0 unspecified atom stereocenters. The predicted octanol–water partition coefficient (Wildman–Crippen LogP) is 7.69. The molecule has 6 rings (SSSR count). The number of hydrogen-bond donors (Lipinski definition) is 0. The molecule has 1 fully saturated rings. The van der Waals surface area contributed by atoms with Gasteiger partial charge in [-0.3, -0.25) is 0 Å². The molecule has 34 heavy (non-hydrogen) atoms. The Kier molecular flexibility index (Phi) is 4.96. The summed E-state index contributed by atoms with van der Waals surface area (Å²) in [5.41, 5.74) is 5.06. The van der Waals surface area contributed by atoms with Gasteiger partial charge in [0, 0.05) is 20.2 Å². The predicted molar refractivity (Wildman–Crippen MR) is 146 cm³/mol. The Labute approximate surface area is 205 Å². The van der Waals surface area contributed by atoms with E-state index in [4.69, 9.17) is 9.31 Å². The van der Waals surface area contributed by atoms with Crippen molar-refractivity contribution in [3.63, 3.8) is 0 Å². The molecule has 0 amide bonds. The lowest BCUT2D eigenvalue weighted by Crippen LogP contribution is -2.41. The van der Waals surface area contributed by atoms with Gasteiger partial charge in [-0.25, -0.2) is 0 Å². The van der Waals surface area contributed by atoms with Crippen molar-refractivity contribution in [2.24, 2.45) is 0 Å². The first-order valence-electron chi connectivity index (χ1n) is 11.8. The zero-order valence-electron chi connectivity index (χ0n) is 20.0. The quantitative estimate of drug-likeness (QED) is 0.256. The number of fused-ring (bicyclic) bond motifs is 3. The monoisotopic (exact) mass is 462 g/mol. The summed E-state index contributed by atoms with van der Waals surface area (Å²) in [5, 5.41) is 2.62. The molecule has 5 aromatic rings. The van der Waals surface area contributed by atoms with Crippen LogP contribution in [-0.4, -0.2) is 18.3 Å². The fourth-order valence-electron chi connectivity index (χ4n) is 4.69. The van der Waals surface area contributed by atoms with Gasteiger partial charge in [0.25, 0.3) is 0 Å². The van der Waals surface area contributed by atoms with Crippen molar-refractivity contribution in [2.75, 3.05) is 0 Å². The minimum Gasteiger partial charge on any atom is -0.399 e. The Bertz CT molecular complexity index is 1500. The van der Waals surface area contributed by atoms with Crippen LogP contribution in [0.3, 0.4) is 0 Å². The molecule has 0 bridgehead atoms. The van der Waals surface area contributed by atoms with Crippen molar-refractivity contribution in [2.45, 2.75) is 38.9 Å². The molecule has 4 aromatic carbocycles. The van der Waals surface area contributed by atoms with Crippen molar-refractivity contribution in [3.05, 3.63) is 91.0 Å². The molecule has 0 radical (unpaired) electrons. The molecule has 168 valence electrons. The van der Waals surface area contributed by atoms with Gasteiger partial charge in [-0.15, -0.1) is 11.3 Å². The average Bonchev–Trinajstić information content (AvgIpc) is 3.32. The summed E-state index contributed by atoms with van der Waals surface area (Å²) >= 11 is 1.86.